The highest BCUT2D eigenvalue weighted by atomic mass is 79.9. The van der Waals surface area contributed by atoms with E-state index in [0.717, 1.165) is 15.9 Å². The third kappa shape index (κ3) is 4.92. The molecule has 0 aliphatic rings. The van der Waals surface area contributed by atoms with Gasteiger partial charge in [-0.25, -0.2) is 4.98 Å². The summed E-state index contributed by atoms with van der Waals surface area (Å²) >= 11 is 3.47. The van der Waals surface area contributed by atoms with Gasteiger partial charge in [-0.2, -0.15) is 9.61 Å². The van der Waals surface area contributed by atoms with Crippen LogP contribution in [-0.4, -0.2) is 36.8 Å². The van der Waals surface area contributed by atoms with Crippen molar-refractivity contribution in [2.75, 3.05) is 17.2 Å². The van der Waals surface area contributed by atoms with Crippen LogP contribution in [0.3, 0.4) is 0 Å². The number of aliphatic hydroxyl groups is 1. The highest BCUT2D eigenvalue weighted by Crippen LogP contribution is 2.24. The molecular weight excluding hydrogens is 396 g/mol. The predicted octanol–water partition coefficient (Wildman–Crippen LogP) is 3.71. The Kier molecular flexibility index (Phi) is 6.93. The van der Waals surface area contributed by atoms with Crippen LogP contribution in [0.4, 0.5) is 11.6 Å². The molecule has 0 radical (unpaired) electrons. The van der Waals surface area contributed by atoms with Crippen LogP contribution in [0.1, 0.15) is 33.3 Å². The number of hydrogen-bond acceptors (Lipinski definition) is 6. The van der Waals surface area contributed by atoms with E-state index in [9.17, 15) is 5.11 Å². The van der Waals surface area contributed by atoms with Gasteiger partial charge in [-0.3, -0.25) is 4.98 Å². The minimum absolute atomic E-state index is 0.00125. The fraction of sp³-hybridized carbons (Fsp3) is 0.389. The Morgan fingerprint density at radius 3 is 2.69 bits per heavy atom. The molecule has 0 saturated heterocycles. The molecule has 140 valence electrons. The second-order valence-corrected chi connectivity index (χ2v) is 6.99. The summed E-state index contributed by atoms with van der Waals surface area (Å²) < 4.78 is 2.54. The van der Waals surface area contributed by atoms with Crippen molar-refractivity contribution in [1.82, 2.24) is 19.6 Å². The second-order valence-electron chi connectivity index (χ2n) is 6.14. The molecule has 0 amide bonds. The van der Waals surface area contributed by atoms with Crippen LogP contribution in [0.2, 0.25) is 0 Å². The van der Waals surface area contributed by atoms with Crippen molar-refractivity contribution in [1.29, 1.82) is 0 Å². The Balaban J connectivity index is 0.00000117. The topological polar surface area (TPSA) is 87.4 Å². The smallest absolute Gasteiger partial charge is 0.173 e. The van der Waals surface area contributed by atoms with Gasteiger partial charge in [0.25, 0.3) is 0 Å². The molecule has 0 bridgehead atoms. The molecular formula is C18H25BrN6O. The first kappa shape index (κ1) is 20.1. The number of pyridine rings is 1. The molecule has 0 unspecified atom stereocenters. The van der Waals surface area contributed by atoms with Crippen LogP contribution in [0.15, 0.2) is 41.3 Å². The van der Waals surface area contributed by atoms with Crippen LogP contribution < -0.4 is 10.6 Å². The summed E-state index contributed by atoms with van der Waals surface area (Å²) in [6.07, 6.45) is 5.27. The van der Waals surface area contributed by atoms with Gasteiger partial charge in [0.05, 0.1) is 22.8 Å². The highest BCUT2D eigenvalue weighted by molar-refractivity contribution is 9.10. The summed E-state index contributed by atoms with van der Waals surface area (Å²) in [6.45, 7) is 8.44. The molecule has 26 heavy (non-hydrogen) atoms. The van der Waals surface area contributed by atoms with Crippen LogP contribution in [0.25, 0.3) is 5.65 Å². The van der Waals surface area contributed by atoms with Gasteiger partial charge in [-0.05, 0) is 41.4 Å². The summed E-state index contributed by atoms with van der Waals surface area (Å²) in [4.78, 5) is 8.68. The zero-order chi connectivity index (χ0) is 19.2. The van der Waals surface area contributed by atoms with E-state index in [-0.39, 0.29) is 6.61 Å². The largest absolute Gasteiger partial charge is 0.394 e. The Morgan fingerprint density at radius 2 is 2.04 bits per heavy atom. The molecule has 0 saturated carbocycles. The average molecular weight is 421 g/mol. The molecule has 0 spiro atoms. The average Bonchev–Trinajstić information content (AvgIpc) is 3.03. The first-order chi connectivity index (χ1) is 12.5. The van der Waals surface area contributed by atoms with Gasteiger partial charge in [-0.1, -0.05) is 19.9 Å². The van der Waals surface area contributed by atoms with E-state index < -0.39 is 5.54 Å². The van der Waals surface area contributed by atoms with Gasteiger partial charge in [0, 0.05) is 25.0 Å². The van der Waals surface area contributed by atoms with Crippen molar-refractivity contribution in [2.45, 2.75) is 39.8 Å². The molecule has 0 aliphatic heterocycles. The van der Waals surface area contributed by atoms with E-state index in [1.807, 2.05) is 52.1 Å². The molecule has 0 aliphatic carbocycles. The highest BCUT2D eigenvalue weighted by Gasteiger charge is 2.18. The molecule has 3 heterocycles. The summed E-state index contributed by atoms with van der Waals surface area (Å²) in [5.74, 6) is 1.46. The number of aromatic nitrogens is 4. The molecule has 8 heteroatoms. The lowest BCUT2D eigenvalue weighted by molar-refractivity contribution is 0.234. The lowest BCUT2D eigenvalue weighted by Gasteiger charge is -2.24. The number of nitrogens with one attached hydrogen (secondary N) is 2. The van der Waals surface area contributed by atoms with Gasteiger partial charge in [0.1, 0.15) is 11.6 Å². The fourth-order valence-electron chi connectivity index (χ4n) is 2.21. The molecule has 7 nitrogen and oxygen atoms in total. The lowest BCUT2D eigenvalue weighted by atomic mass is 10.1. The van der Waals surface area contributed by atoms with E-state index >= 15 is 0 Å². The zero-order valence-corrected chi connectivity index (χ0v) is 17.1. The van der Waals surface area contributed by atoms with Crippen molar-refractivity contribution >= 4 is 33.2 Å². The number of nitrogens with zero attached hydrogens (tertiary/aromatic N) is 4. The maximum absolute atomic E-state index is 9.46. The number of halogens is 1. The van der Waals surface area contributed by atoms with Crippen LogP contribution >= 0.6 is 15.9 Å². The predicted molar refractivity (Wildman–Crippen MR) is 108 cm³/mol. The van der Waals surface area contributed by atoms with Gasteiger partial charge in [0.2, 0.25) is 0 Å². The first-order valence-corrected chi connectivity index (χ1v) is 9.34. The Bertz CT molecular complexity index is 834. The minimum atomic E-state index is -0.474. The fourth-order valence-corrected chi connectivity index (χ4v) is 2.56. The molecule has 3 aromatic rings. The van der Waals surface area contributed by atoms with Crippen molar-refractivity contribution in [3.63, 3.8) is 0 Å². The van der Waals surface area contributed by atoms with Crippen LogP contribution in [0.5, 0.6) is 0 Å². The van der Waals surface area contributed by atoms with Gasteiger partial charge in [-0.15, -0.1) is 0 Å². The number of aliphatic hydroxyl groups excluding tert-OH is 1. The number of hydrogen-bond donors (Lipinski definition) is 3. The lowest BCUT2D eigenvalue weighted by Crippen LogP contribution is -2.35. The van der Waals surface area contributed by atoms with Crippen LogP contribution in [-0.2, 0) is 6.54 Å². The second kappa shape index (κ2) is 8.95. The summed E-state index contributed by atoms with van der Waals surface area (Å²) in [7, 11) is 0. The van der Waals surface area contributed by atoms with Gasteiger partial charge >= 0.3 is 0 Å². The van der Waals surface area contributed by atoms with E-state index in [4.69, 9.17) is 0 Å². The SMILES string of the molecule is CC.CC(C)(CO)Nc1cc(NCc2cccnc2)n2ncc(Br)c2n1. The number of anilines is 2. The molecule has 0 aromatic carbocycles. The zero-order valence-electron chi connectivity index (χ0n) is 15.5. The standard InChI is InChI=1S/C16H19BrN6O.C2H6/c1-16(2,10-24)22-13-6-14(19-8-11-4-3-5-18-7-11)23-15(21-13)12(17)9-20-23;1-2/h3-7,9,19,24H,8,10H2,1-2H3,(H,21,22);1-2H3. The van der Waals surface area contributed by atoms with Crippen LogP contribution in [0, 0.1) is 0 Å². The maximum atomic E-state index is 9.46. The minimum Gasteiger partial charge on any atom is -0.394 e. The monoisotopic (exact) mass is 420 g/mol. The van der Waals surface area contributed by atoms with Crippen molar-refractivity contribution in [3.8, 4) is 0 Å². The number of fused-ring (bicyclic) bond motifs is 1. The summed E-state index contributed by atoms with van der Waals surface area (Å²) in [5, 5.41) is 20.4. The maximum Gasteiger partial charge on any atom is 0.173 e. The Labute approximate surface area is 162 Å². The normalized spacial score (nSPS) is 11.0. The summed E-state index contributed by atoms with van der Waals surface area (Å²) in [5.41, 5.74) is 1.29. The first-order valence-electron chi connectivity index (χ1n) is 8.54. The third-order valence-electron chi connectivity index (χ3n) is 3.49. The van der Waals surface area contributed by atoms with Gasteiger partial charge in [0.15, 0.2) is 5.65 Å². The quantitative estimate of drug-likeness (QED) is 0.563. The van der Waals surface area contributed by atoms with Crippen molar-refractivity contribution in [2.24, 2.45) is 0 Å². The van der Waals surface area contributed by atoms with Crippen molar-refractivity contribution in [3.05, 3.63) is 46.8 Å². The molecule has 0 atom stereocenters. The molecule has 0 fully saturated rings. The molecule has 3 rings (SSSR count). The van der Waals surface area contributed by atoms with E-state index in [2.05, 4.69) is 41.6 Å². The Morgan fingerprint density at radius 1 is 1.27 bits per heavy atom. The molecule has 3 aromatic heterocycles. The van der Waals surface area contributed by atoms with E-state index in [1.165, 1.54) is 0 Å². The third-order valence-corrected chi connectivity index (χ3v) is 4.05. The van der Waals surface area contributed by atoms with E-state index in [1.54, 1.807) is 16.9 Å². The van der Waals surface area contributed by atoms with Gasteiger partial charge < -0.3 is 15.7 Å². The Hall–Kier alpha value is -2.19. The number of rotatable bonds is 6. The van der Waals surface area contributed by atoms with Crippen molar-refractivity contribution < 1.29 is 5.11 Å². The van der Waals surface area contributed by atoms with E-state index in [0.29, 0.717) is 18.0 Å². The molecule has 3 N–H and O–H groups in total. The summed E-state index contributed by atoms with van der Waals surface area (Å²) in [6, 6.07) is 5.78.